The lowest BCUT2D eigenvalue weighted by atomic mass is 10.2. The molecule has 5 heteroatoms. The van der Waals surface area contributed by atoms with Crippen LogP contribution in [0.1, 0.15) is 24.0 Å². The zero-order chi connectivity index (χ0) is 17.6. The Hall–Kier alpha value is -2.82. The van der Waals surface area contributed by atoms with E-state index in [9.17, 15) is 9.59 Å². The minimum absolute atomic E-state index is 0.0968. The summed E-state index contributed by atoms with van der Waals surface area (Å²) in [5.41, 5.74) is 2.92. The van der Waals surface area contributed by atoms with Crippen molar-refractivity contribution in [1.82, 2.24) is 10.2 Å². The lowest BCUT2D eigenvalue weighted by Gasteiger charge is -2.24. The number of benzene rings is 2. The second-order valence-electron chi connectivity index (χ2n) is 6.35. The number of rotatable bonds is 4. The van der Waals surface area contributed by atoms with Crippen molar-refractivity contribution in [3.8, 4) is 0 Å². The fraction of sp³-hybridized carbons (Fsp3) is 0.300. The number of likely N-dealkylation sites (tertiary alicyclic amines) is 1. The second-order valence-corrected chi connectivity index (χ2v) is 6.35. The molecule has 2 aromatic carbocycles. The van der Waals surface area contributed by atoms with Crippen LogP contribution in [0.5, 0.6) is 0 Å². The monoisotopic (exact) mass is 337 g/mol. The maximum Gasteiger partial charge on any atom is 0.322 e. The molecule has 0 radical (unpaired) electrons. The first-order chi connectivity index (χ1) is 12.1. The van der Waals surface area contributed by atoms with Gasteiger partial charge in [0.1, 0.15) is 6.04 Å². The zero-order valence-corrected chi connectivity index (χ0v) is 14.4. The SMILES string of the molecule is Cc1ccc(NC(=O)N2CCC[C@@H]2C(=O)NCc2ccccc2)cc1. The minimum atomic E-state index is -0.408. The summed E-state index contributed by atoms with van der Waals surface area (Å²) in [6.45, 7) is 3.07. The molecule has 5 nitrogen and oxygen atoms in total. The summed E-state index contributed by atoms with van der Waals surface area (Å²) in [5.74, 6) is -0.0968. The summed E-state index contributed by atoms with van der Waals surface area (Å²) >= 11 is 0. The number of carbonyl (C=O) groups is 2. The van der Waals surface area contributed by atoms with E-state index < -0.39 is 6.04 Å². The maximum atomic E-state index is 12.5. The molecular formula is C20H23N3O2. The molecule has 25 heavy (non-hydrogen) atoms. The predicted molar refractivity (Wildman–Crippen MR) is 98.2 cm³/mol. The molecule has 3 amide bonds. The van der Waals surface area contributed by atoms with Gasteiger partial charge in [-0.1, -0.05) is 48.0 Å². The first-order valence-corrected chi connectivity index (χ1v) is 8.59. The van der Waals surface area contributed by atoms with Gasteiger partial charge in [-0.25, -0.2) is 4.79 Å². The van der Waals surface area contributed by atoms with Crippen LogP contribution in [0.15, 0.2) is 54.6 Å². The van der Waals surface area contributed by atoms with Crippen molar-refractivity contribution in [3.05, 3.63) is 65.7 Å². The van der Waals surface area contributed by atoms with E-state index in [4.69, 9.17) is 0 Å². The summed E-state index contributed by atoms with van der Waals surface area (Å²) in [5, 5.41) is 5.81. The Morgan fingerprint density at radius 2 is 1.80 bits per heavy atom. The molecule has 1 aliphatic heterocycles. The van der Waals surface area contributed by atoms with Gasteiger partial charge < -0.3 is 15.5 Å². The Bertz CT molecular complexity index is 728. The smallest absolute Gasteiger partial charge is 0.322 e. The quantitative estimate of drug-likeness (QED) is 0.899. The lowest BCUT2D eigenvalue weighted by Crippen LogP contribution is -2.47. The molecule has 1 saturated heterocycles. The van der Waals surface area contributed by atoms with Gasteiger partial charge in [-0.05, 0) is 37.5 Å². The van der Waals surface area contributed by atoms with Crippen LogP contribution < -0.4 is 10.6 Å². The number of nitrogens with one attached hydrogen (secondary N) is 2. The van der Waals surface area contributed by atoms with Crippen LogP contribution in [0.25, 0.3) is 0 Å². The Balaban J connectivity index is 1.58. The molecule has 1 fully saturated rings. The van der Waals surface area contributed by atoms with Gasteiger partial charge in [-0.15, -0.1) is 0 Å². The van der Waals surface area contributed by atoms with Crippen molar-refractivity contribution in [2.75, 3.05) is 11.9 Å². The first kappa shape index (κ1) is 17.0. The number of anilines is 1. The highest BCUT2D eigenvalue weighted by Gasteiger charge is 2.33. The molecule has 0 unspecified atom stereocenters. The second kappa shape index (κ2) is 7.83. The molecule has 0 spiro atoms. The highest BCUT2D eigenvalue weighted by atomic mass is 16.2. The van der Waals surface area contributed by atoms with Gasteiger partial charge >= 0.3 is 6.03 Å². The number of hydrogen-bond donors (Lipinski definition) is 2. The van der Waals surface area contributed by atoms with E-state index in [1.807, 2.05) is 61.5 Å². The van der Waals surface area contributed by atoms with Crippen LogP contribution in [-0.2, 0) is 11.3 Å². The molecule has 0 bridgehead atoms. The van der Waals surface area contributed by atoms with Crippen LogP contribution in [0.3, 0.4) is 0 Å². The van der Waals surface area contributed by atoms with Crippen LogP contribution >= 0.6 is 0 Å². The summed E-state index contributed by atoms with van der Waals surface area (Å²) in [7, 11) is 0. The Morgan fingerprint density at radius 3 is 2.52 bits per heavy atom. The number of aryl methyl sites for hydroxylation is 1. The summed E-state index contributed by atoms with van der Waals surface area (Å²) < 4.78 is 0. The highest BCUT2D eigenvalue weighted by molar-refractivity contribution is 5.94. The third kappa shape index (κ3) is 4.38. The van der Waals surface area contributed by atoms with E-state index in [2.05, 4.69) is 10.6 Å². The van der Waals surface area contributed by atoms with Gasteiger partial charge in [0.2, 0.25) is 5.91 Å². The van der Waals surface area contributed by atoms with Crippen molar-refractivity contribution in [2.24, 2.45) is 0 Å². The Morgan fingerprint density at radius 1 is 1.08 bits per heavy atom. The third-order valence-corrected chi connectivity index (χ3v) is 4.43. The lowest BCUT2D eigenvalue weighted by molar-refractivity contribution is -0.124. The molecule has 1 atom stereocenters. The van der Waals surface area contributed by atoms with E-state index in [-0.39, 0.29) is 11.9 Å². The molecule has 130 valence electrons. The average Bonchev–Trinajstić information content (AvgIpc) is 3.12. The normalized spacial score (nSPS) is 16.5. The molecule has 0 saturated carbocycles. The Labute approximate surface area is 148 Å². The summed E-state index contributed by atoms with van der Waals surface area (Å²) in [6, 6.07) is 16.8. The number of nitrogens with zero attached hydrogens (tertiary/aromatic N) is 1. The molecule has 0 aromatic heterocycles. The van der Waals surface area contributed by atoms with E-state index in [0.29, 0.717) is 19.5 Å². The topological polar surface area (TPSA) is 61.4 Å². The molecule has 2 aromatic rings. The zero-order valence-electron chi connectivity index (χ0n) is 14.4. The fourth-order valence-electron chi connectivity index (χ4n) is 3.02. The van der Waals surface area contributed by atoms with Crippen molar-refractivity contribution >= 4 is 17.6 Å². The van der Waals surface area contributed by atoms with Gasteiger partial charge in [-0.3, -0.25) is 4.79 Å². The fourth-order valence-corrected chi connectivity index (χ4v) is 3.02. The standard InChI is InChI=1S/C20H23N3O2/c1-15-9-11-17(12-10-15)22-20(25)23-13-5-8-18(23)19(24)21-14-16-6-3-2-4-7-16/h2-4,6-7,9-12,18H,5,8,13-14H2,1H3,(H,21,24)(H,22,25)/t18-/m1/s1. The number of amides is 3. The van der Waals surface area contributed by atoms with Gasteiger partial charge in [-0.2, -0.15) is 0 Å². The van der Waals surface area contributed by atoms with Crippen molar-refractivity contribution in [1.29, 1.82) is 0 Å². The number of carbonyl (C=O) groups excluding carboxylic acids is 2. The maximum absolute atomic E-state index is 12.5. The van der Waals surface area contributed by atoms with E-state index >= 15 is 0 Å². The van der Waals surface area contributed by atoms with Crippen LogP contribution in [0.4, 0.5) is 10.5 Å². The van der Waals surface area contributed by atoms with Gasteiger partial charge in [0.15, 0.2) is 0 Å². The molecule has 2 N–H and O–H groups in total. The van der Waals surface area contributed by atoms with Crippen LogP contribution in [0, 0.1) is 6.92 Å². The van der Waals surface area contributed by atoms with Crippen molar-refractivity contribution < 1.29 is 9.59 Å². The Kier molecular flexibility index (Phi) is 5.33. The van der Waals surface area contributed by atoms with Gasteiger partial charge in [0.05, 0.1) is 0 Å². The average molecular weight is 337 g/mol. The number of hydrogen-bond acceptors (Lipinski definition) is 2. The number of urea groups is 1. The predicted octanol–water partition coefficient (Wildman–Crippen LogP) is 3.31. The van der Waals surface area contributed by atoms with Crippen LogP contribution in [-0.4, -0.2) is 29.4 Å². The van der Waals surface area contributed by atoms with Crippen molar-refractivity contribution in [2.45, 2.75) is 32.4 Å². The molecular weight excluding hydrogens is 314 g/mol. The molecule has 0 aliphatic carbocycles. The van der Waals surface area contributed by atoms with Gasteiger partial charge in [0.25, 0.3) is 0 Å². The largest absolute Gasteiger partial charge is 0.350 e. The third-order valence-electron chi connectivity index (χ3n) is 4.43. The molecule has 1 heterocycles. The minimum Gasteiger partial charge on any atom is -0.350 e. The molecule has 3 rings (SSSR count). The van der Waals surface area contributed by atoms with E-state index in [0.717, 1.165) is 23.2 Å². The van der Waals surface area contributed by atoms with E-state index in [1.165, 1.54) is 0 Å². The summed E-state index contributed by atoms with van der Waals surface area (Å²) in [6.07, 6.45) is 1.53. The molecule has 1 aliphatic rings. The first-order valence-electron chi connectivity index (χ1n) is 8.59. The van der Waals surface area contributed by atoms with E-state index in [1.54, 1.807) is 4.90 Å². The van der Waals surface area contributed by atoms with Crippen LogP contribution in [0.2, 0.25) is 0 Å². The van der Waals surface area contributed by atoms with Crippen molar-refractivity contribution in [3.63, 3.8) is 0 Å². The highest BCUT2D eigenvalue weighted by Crippen LogP contribution is 2.19. The summed E-state index contributed by atoms with van der Waals surface area (Å²) in [4.78, 5) is 26.6. The van der Waals surface area contributed by atoms with Gasteiger partial charge in [0, 0.05) is 18.8 Å².